The minimum absolute atomic E-state index is 0.204. The number of nitrogens with one attached hydrogen (secondary N) is 1. The van der Waals surface area contributed by atoms with Gasteiger partial charge < -0.3 is 14.6 Å². The van der Waals surface area contributed by atoms with Crippen molar-refractivity contribution in [1.29, 1.82) is 0 Å². The summed E-state index contributed by atoms with van der Waals surface area (Å²) in [4.78, 5) is 24.4. The molecule has 1 heterocycles. The largest absolute Gasteiger partial charge is 0.467 e. The number of amides is 1. The van der Waals surface area contributed by atoms with Crippen LogP contribution in [0.5, 0.6) is 0 Å². The van der Waals surface area contributed by atoms with Crippen LogP contribution in [-0.2, 0) is 27.3 Å². The van der Waals surface area contributed by atoms with E-state index in [0.29, 0.717) is 18.0 Å². The predicted octanol–water partition coefficient (Wildman–Crippen LogP) is 3.59. The summed E-state index contributed by atoms with van der Waals surface area (Å²) in [6.07, 6.45) is 2.55. The Bertz CT molecular complexity index is 937. The summed E-state index contributed by atoms with van der Waals surface area (Å²) in [6.45, 7) is 0.495. The molecule has 0 bridgehead atoms. The maximum Gasteiger partial charge on any atom is 0.328 e. The van der Waals surface area contributed by atoms with Crippen molar-refractivity contribution in [2.45, 2.75) is 25.4 Å². The van der Waals surface area contributed by atoms with Gasteiger partial charge in [-0.1, -0.05) is 48.0 Å². The van der Waals surface area contributed by atoms with Crippen LogP contribution in [0.2, 0.25) is 5.02 Å². The smallest absolute Gasteiger partial charge is 0.328 e. The van der Waals surface area contributed by atoms with E-state index in [4.69, 9.17) is 16.3 Å². The van der Waals surface area contributed by atoms with Crippen LogP contribution in [0, 0.1) is 0 Å². The number of fused-ring (bicyclic) bond motifs is 1. The zero-order chi connectivity index (χ0) is 19.2. The quantitative estimate of drug-likeness (QED) is 0.633. The third-order valence-electron chi connectivity index (χ3n) is 4.44. The van der Waals surface area contributed by atoms with Crippen molar-refractivity contribution in [2.75, 3.05) is 7.11 Å². The number of methoxy groups -OCH3 is 1. The standard InChI is InChI=1S/C21H21ClN2O3/c1-27-21(26)18(14-15-6-3-2-4-7-15)23-20(25)11-13-24-12-10-16-17(22)8-5-9-19(16)24/h2-10,12,18H,11,13-14H2,1H3,(H,23,25). The molecule has 0 spiro atoms. The van der Waals surface area contributed by atoms with Gasteiger partial charge in [0.05, 0.1) is 7.11 Å². The monoisotopic (exact) mass is 384 g/mol. The van der Waals surface area contributed by atoms with Gasteiger partial charge in [-0.2, -0.15) is 0 Å². The first-order valence-corrected chi connectivity index (χ1v) is 9.11. The molecule has 0 saturated carbocycles. The van der Waals surface area contributed by atoms with E-state index in [1.807, 2.05) is 65.4 Å². The van der Waals surface area contributed by atoms with Crippen molar-refractivity contribution in [3.8, 4) is 0 Å². The summed E-state index contributed by atoms with van der Waals surface area (Å²) in [6, 6.07) is 16.4. The van der Waals surface area contributed by atoms with Crippen molar-refractivity contribution in [3.63, 3.8) is 0 Å². The number of benzene rings is 2. The lowest BCUT2D eigenvalue weighted by atomic mass is 10.1. The van der Waals surface area contributed by atoms with Gasteiger partial charge in [0.15, 0.2) is 0 Å². The van der Waals surface area contributed by atoms with E-state index < -0.39 is 12.0 Å². The number of hydrogen-bond donors (Lipinski definition) is 1. The molecule has 1 unspecified atom stereocenters. The number of aryl methyl sites for hydroxylation is 1. The van der Waals surface area contributed by atoms with Gasteiger partial charge in [0.2, 0.25) is 5.91 Å². The van der Waals surface area contributed by atoms with Crippen molar-refractivity contribution in [2.24, 2.45) is 0 Å². The van der Waals surface area contributed by atoms with Gasteiger partial charge in [0, 0.05) is 41.5 Å². The highest BCUT2D eigenvalue weighted by Crippen LogP contribution is 2.24. The van der Waals surface area contributed by atoms with Gasteiger partial charge in [-0.15, -0.1) is 0 Å². The highest BCUT2D eigenvalue weighted by molar-refractivity contribution is 6.35. The first kappa shape index (κ1) is 19.0. The third kappa shape index (κ3) is 4.68. The number of hydrogen-bond acceptors (Lipinski definition) is 3. The van der Waals surface area contributed by atoms with Gasteiger partial charge in [0.1, 0.15) is 6.04 Å². The Labute approximate surface area is 162 Å². The van der Waals surface area contributed by atoms with Gasteiger partial charge in [0.25, 0.3) is 0 Å². The number of halogens is 1. The Hall–Kier alpha value is -2.79. The lowest BCUT2D eigenvalue weighted by molar-refractivity contribution is -0.145. The molecule has 5 nitrogen and oxygen atoms in total. The molecule has 0 radical (unpaired) electrons. The fourth-order valence-corrected chi connectivity index (χ4v) is 3.29. The number of rotatable bonds is 7. The molecule has 0 aliphatic carbocycles. The van der Waals surface area contributed by atoms with E-state index in [2.05, 4.69) is 5.32 Å². The fourth-order valence-electron chi connectivity index (χ4n) is 3.05. The highest BCUT2D eigenvalue weighted by atomic mass is 35.5. The van der Waals surface area contributed by atoms with Gasteiger partial charge in [-0.3, -0.25) is 4.79 Å². The molecule has 27 heavy (non-hydrogen) atoms. The van der Waals surface area contributed by atoms with E-state index >= 15 is 0 Å². The van der Waals surface area contributed by atoms with Crippen LogP contribution in [0.25, 0.3) is 10.9 Å². The van der Waals surface area contributed by atoms with Crippen LogP contribution in [0.3, 0.4) is 0 Å². The van der Waals surface area contributed by atoms with Gasteiger partial charge in [-0.25, -0.2) is 4.79 Å². The average Bonchev–Trinajstić information content (AvgIpc) is 3.10. The minimum Gasteiger partial charge on any atom is -0.467 e. The van der Waals surface area contributed by atoms with Crippen molar-refractivity contribution < 1.29 is 14.3 Å². The molecular formula is C21H21ClN2O3. The number of nitrogens with zero attached hydrogens (tertiary/aromatic N) is 1. The Balaban J connectivity index is 1.63. The fraction of sp³-hybridized carbons (Fsp3) is 0.238. The molecule has 140 valence electrons. The van der Waals surface area contributed by atoms with Crippen LogP contribution < -0.4 is 5.32 Å². The number of esters is 1. The summed E-state index contributed by atoms with van der Waals surface area (Å²) in [5, 5.41) is 4.42. The van der Waals surface area contributed by atoms with Crippen LogP contribution in [0.4, 0.5) is 0 Å². The zero-order valence-corrected chi connectivity index (χ0v) is 15.8. The molecule has 0 aliphatic heterocycles. The number of carbonyl (C=O) groups is 2. The summed E-state index contributed by atoms with van der Waals surface area (Å²) >= 11 is 6.19. The number of aromatic nitrogens is 1. The molecule has 1 atom stereocenters. The molecule has 0 fully saturated rings. The molecule has 6 heteroatoms. The maximum absolute atomic E-state index is 12.4. The van der Waals surface area contributed by atoms with E-state index in [-0.39, 0.29) is 12.3 Å². The molecule has 1 N–H and O–H groups in total. The first-order valence-electron chi connectivity index (χ1n) is 8.73. The molecular weight excluding hydrogens is 364 g/mol. The normalized spacial score (nSPS) is 11.9. The second-order valence-electron chi connectivity index (χ2n) is 6.26. The summed E-state index contributed by atoms with van der Waals surface area (Å²) < 4.78 is 6.81. The lowest BCUT2D eigenvalue weighted by Crippen LogP contribution is -2.43. The molecule has 3 aromatic rings. The predicted molar refractivity (Wildman–Crippen MR) is 106 cm³/mol. The van der Waals surface area contributed by atoms with E-state index in [1.54, 1.807) is 0 Å². The Morgan fingerprint density at radius 3 is 2.63 bits per heavy atom. The molecule has 0 aliphatic rings. The molecule has 1 amide bonds. The Morgan fingerprint density at radius 1 is 1.11 bits per heavy atom. The van der Waals surface area contributed by atoms with E-state index in [1.165, 1.54) is 7.11 Å². The minimum atomic E-state index is -0.708. The molecule has 1 aromatic heterocycles. The summed E-state index contributed by atoms with van der Waals surface area (Å²) in [5.41, 5.74) is 1.93. The van der Waals surface area contributed by atoms with Gasteiger partial charge in [-0.05, 0) is 23.8 Å². The number of carbonyl (C=O) groups excluding carboxylic acids is 2. The van der Waals surface area contributed by atoms with Crippen molar-refractivity contribution in [3.05, 3.63) is 71.4 Å². The van der Waals surface area contributed by atoms with Gasteiger partial charge >= 0.3 is 5.97 Å². The Kier molecular flexibility index (Phi) is 6.14. The lowest BCUT2D eigenvalue weighted by Gasteiger charge is -2.17. The second kappa shape index (κ2) is 8.73. The van der Waals surface area contributed by atoms with Crippen LogP contribution in [-0.4, -0.2) is 29.6 Å². The molecule has 3 rings (SSSR count). The summed E-state index contributed by atoms with van der Waals surface area (Å²) in [7, 11) is 1.32. The average molecular weight is 385 g/mol. The summed E-state index contributed by atoms with van der Waals surface area (Å²) in [5.74, 6) is -0.657. The first-order chi connectivity index (χ1) is 13.1. The van der Waals surface area contributed by atoms with E-state index in [9.17, 15) is 9.59 Å². The second-order valence-corrected chi connectivity index (χ2v) is 6.67. The molecule has 2 aromatic carbocycles. The SMILES string of the molecule is COC(=O)C(Cc1ccccc1)NC(=O)CCn1ccc2c(Cl)cccc21. The molecule has 0 saturated heterocycles. The van der Waals surface area contributed by atoms with Crippen LogP contribution >= 0.6 is 11.6 Å². The maximum atomic E-state index is 12.4. The zero-order valence-electron chi connectivity index (χ0n) is 15.0. The van der Waals surface area contributed by atoms with Crippen molar-refractivity contribution in [1.82, 2.24) is 9.88 Å². The Morgan fingerprint density at radius 2 is 1.89 bits per heavy atom. The van der Waals surface area contributed by atoms with Crippen molar-refractivity contribution >= 4 is 34.4 Å². The third-order valence-corrected chi connectivity index (χ3v) is 4.77. The van der Waals surface area contributed by atoms with Crippen LogP contribution in [0.15, 0.2) is 60.8 Å². The number of ether oxygens (including phenoxy) is 1. The topological polar surface area (TPSA) is 60.3 Å². The van der Waals surface area contributed by atoms with Crippen LogP contribution in [0.1, 0.15) is 12.0 Å². The van der Waals surface area contributed by atoms with E-state index in [0.717, 1.165) is 16.5 Å². The highest BCUT2D eigenvalue weighted by Gasteiger charge is 2.21.